The molecule has 1 rings (SSSR count). The smallest absolute Gasteiger partial charge is 0.127 e. The molecular weight excluding hydrogens is 227 g/mol. The van der Waals surface area contributed by atoms with Gasteiger partial charge in [0.25, 0.3) is 0 Å². The van der Waals surface area contributed by atoms with Crippen LogP contribution in [0.4, 0.5) is 4.39 Å². The van der Waals surface area contributed by atoms with E-state index in [1.165, 1.54) is 6.07 Å². The second-order valence-electron chi connectivity index (χ2n) is 4.49. The average molecular weight is 245 g/mol. The van der Waals surface area contributed by atoms with Crippen molar-refractivity contribution < 1.29 is 9.50 Å². The first-order chi connectivity index (χ1) is 7.40. The lowest BCUT2D eigenvalue weighted by Crippen LogP contribution is -2.37. The summed E-state index contributed by atoms with van der Waals surface area (Å²) < 4.78 is 13.6. The Kier molecular flexibility index (Phi) is 4.34. The molecule has 0 saturated carbocycles. The molecule has 1 atom stereocenters. The highest BCUT2D eigenvalue weighted by Crippen LogP contribution is 2.30. The van der Waals surface area contributed by atoms with Crippen molar-refractivity contribution in [2.75, 3.05) is 0 Å². The van der Waals surface area contributed by atoms with Gasteiger partial charge in [0.15, 0.2) is 0 Å². The summed E-state index contributed by atoms with van der Waals surface area (Å²) >= 11 is 5.95. The summed E-state index contributed by atoms with van der Waals surface area (Å²) in [4.78, 5) is 0. The van der Waals surface area contributed by atoms with Gasteiger partial charge in [-0.05, 0) is 24.5 Å². The van der Waals surface area contributed by atoms with E-state index in [1.807, 2.05) is 20.8 Å². The fourth-order valence-corrected chi connectivity index (χ4v) is 1.97. The summed E-state index contributed by atoms with van der Waals surface area (Å²) in [5, 5.41) is 10.8. The third-order valence-electron chi connectivity index (χ3n) is 3.23. The van der Waals surface area contributed by atoms with Crippen LogP contribution in [-0.2, 0) is 6.42 Å². The van der Waals surface area contributed by atoms with Crippen LogP contribution in [0, 0.1) is 11.7 Å². The molecule has 16 heavy (non-hydrogen) atoms. The van der Waals surface area contributed by atoms with Gasteiger partial charge in [0.1, 0.15) is 5.82 Å². The molecule has 1 unspecified atom stereocenters. The highest BCUT2D eigenvalue weighted by molar-refractivity contribution is 6.31. The van der Waals surface area contributed by atoms with Gasteiger partial charge in [-0.15, -0.1) is 0 Å². The van der Waals surface area contributed by atoms with Crippen molar-refractivity contribution in [3.63, 3.8) is 0 Å². The van der Waals surface area contributed by atoms with E-state index in [9.17, 15) is 9.50 Å². The zero-order chi connectivity index (χ0) is 12.3. The summed E-state index contributed by atoms with van der Waals surface area (Å²) in [6, 6.07) is 4.59. The van der Waals surface area contributed by atoms with E-state index < -0.39 is 5.60 Å². The average Bonchev–Trinajstić information content (AvgIpc) is 2.23. The number of benzene rings is 1. The van der Waals surface area contributed by atoms with Crippen LogP contribution in [0.15, 0.2) is 18.2 Å². The molecule has 0 amide bonds. The molecule has 90 valence electrons. The van der Waals surface area contributed by atoms with Crippen molar-refractivity contribution in [1.29, 1.82) is 0 Å². The van der Waals surface area contributed by atoms with Crippen molar-refractivity contribution in [1.82, 2.24) is 0 Å². The summed E-state index contributed by atoms with van der Waals surface area (Å²) in [5.74, 6) is -0.284. The van der Waals surface area contributed by atoms with E-state index >= 15 is 0 Å². The second kappa shape index (κ2) is 5.15. The lowest BCUT2D eigenvalue weighted by molar-refractivity contribution is -0.00894. The predicted octanol–water partition coefficient (Wildman–Crippen LogP) is 3.82. The normalized spacial score (nSPS) is 15.2. The number of hydrogen-bond acceptors (Lipinski definition) is 1. The lowest BCUT2D eigenvalue weighted by Gasteiger charge is -2.31. The van der Waals surface area contributed by atoms with Crippen LogP contribution in [0.1, 0.15) is 32.8 Å². The van der Waals surface area contributed by atoms with Crippen molar-refractivity contribution in [2.45, 2.75) is 39.2 Å². The first-order valence-corrected chi connectivity index (χ1v) is 5.93. The largest absolute Gasteiger partial charge is 0.389 e. The van der Waals surface area contributed by atoms with Crippen LogP contribution < -0.4 is 0 Å². The van der Waals surface area contributed by atoms with E-state index in [0.29, 0.717) is 17.0 Å². The van der Waals surface area contributed by atoms with E-state index in [0.717, 1.165) is 0 Å². The van der Waals surface area contributed by atoms with Gasteiger partial charge in [0, 0.05) is 17.0 Å². The van der Waals surface area contributed by atoms with Crippen LogP contribution in [0.25, 0.3) is 0 Å². The maximum atomic E-state index is 13.6. The minimum atomic E-state index is -0.897. The second-order valence-corrected chi connectivity index (χ2v) is 4.90. The molecule has 0 aliphatic carbocycles. The van der Waals surface area contributed by atoms with Crippen LogP contribution in [0.3, 0.4) is 0 Å². The third-order valence-corrected chi connectivity index (χ3v) is 3.59. The topological polar surface area (TPSA) is 20.2 Å². The summed E-state index contributed by atoms with van der Waals surface area (Å²) in [6.45, 7) is 5.76. The van der Waals surface area contributed by atoms with Crippen LogP contribution in [-0.4, -0.2) is 10.7 Å². The molecule has 0 fully saturated rings. The molecule has 0 heterocycles. The zero-order valence-corrected chi connectivity index (χ0v) is 10.7. The molecule has 0 aliphatic rings. The first kappa shape index (κ1) is 13.5. The Hall–Kier alpha value is -0.600. The van der Waals surface area contributed by atoms with E-state index in [2.05, 4.69) is 0 Å². The van der Waals surface area contributed by atoms with Crippen molar-refractivity contribution in [3.8, 4) is 0 Å². The van der Waals surface area contributed by atoms with Gasteiger partial charge in [0.05, 0.1) is 5.60 Å². The number of halogens is 2. The van der Waals surface area contributed by atoms with E-state index in [-0.39, 0.29) is 18.2 Å². The molecule has 1 aromatic carbocycles. The Morgan fingerprint density at radius 3 is 2.50 bits per heavy atom. The van der Waals surface area contributed by atoms with Gasteiger partial charge in [-0.25, -0.2) is 4.39 Å². The van der Waals surface area contributed by atoms with Gasteiger partial charge < -0.3 is 5.11 Å². The maximum Gasteiger partial charge on any atom is 0.127 e. The van der Waals surface area contributed by atoms with E-state index in [1.54, 1.807) is 12.1 Å². The van der Waals surface area contributed by atoms with Crippen LogP contribution in [0.5, 0.6) is 0 Å². The number of rotatable bonds is 4. The van der Waals surface area contributed by atoms with E-state index in [4.69, 9.17) is 11.6 Å². The standard InChI is InChI=1S/C13H18ClFO/c1-4-13(16,9(2)3)8-10-11(14)6-5-7-12(10)15/h5-7,9,16H,4,8H2,1-3H3. The summed E-state index contributed by atoms with van der Waals surface area (Å²) in [7, 11) is 0. The molecule has 1 N–H and O–H groups in total. The third kappa shape index (κ3) is 2.74. The van der Waals surface area contributed by atoms with Gasteiger partial charge in [-0.3, -0.25) is 0 Å². The molecular formula is C13H18ClFO. The van der Waals surface area contributed by atoms with Crippen molar-refractivity contribution >= 4 is 11.6 Å². The predicted molar refractivity (Wildman–Crippen MR) is 65.2 cm³/mol. The van der Waals surface area contributed by atoms with Crippen LogP contribution >= 0.6 is 11.6 Å². The van der Waals surface area contributed by atoms with Gasteiger partial charge in [-0.1, -0.05) is 38.4 Å². The molecule has 0 aromatic heterocycles. The van der Waals surface area contributed by atoms with Crippen molar-refractivity contribution in [3.05, 3.63) is 34.6 Å². The summed E-state index contributed by atoms with van der Waals surface area (Å²) in [5.41, 5.74) is -0.492. The SMILES string of the molecule is CCC(O)(Cc1c(F)cccc1Cl)C(C)C. The Bertz CT molecular complexity index is 345. The Balaban J connectivity index is 3.03. The maximum absolute atomic E-state index is 13.6. The first-order valence-electron chi connectivity index (χ1n) is 5.56. The van der Waals surface area contributed by atoms with Gasteiger partial charge in [0.2, 0.25) is 0 Å². The fraction of sp³-hybridized carbons (Fsp3) is 0.538. The molecule has 0 radical (unpaired) electrons. The van der Waals surface area contributed by atoms with Crippen molar-refractivity contribution in [2.24, 2.45) is 5.92 Å². The fourth-order valence-electron chi connectivity index (χ4n) is 1.74. The Morgan fingerprint density at radius 2 is 2.06 bits per heavy atom. The monoisotopic (exact) mass is 244 g/mol. The molecule has 0 bridgehead atoms. The lowest BCUT2D eigenvalue weighted by atomic mass is 9.82. The zero-order valence-electron chi connectivity index (χ0n) is 9.93. The van der Waals surface area contributed by atoms with Crippen LogP contribution in [0.2, 0.25) is 5.02 Å². The number of hydrogen-bond donors (Lipinski definition) is 1. The highest BCUT2D eigenvalue weighted by Gasteiger charge is 2.30. The molecule has 0 aliphatic heterocycles. The summed E-state index contributed by atoms with van der Waals surface area (Å²) in [6.07, 6.45) is 0.835. The highest BCUT2D eigenvalue weighted by atomic mass is 35.5. The molecule has 0 saturated heterocycles. The Morgan fingerprint density at radius 1 is 1.44 bits per heavy atom. The number of aliphatic hydroxyl groups is 1. The quantitative estimate of drug-likeness (QED) is 0.854. The molecule has 1 aromatic rings. The molecule has 0 spiro atoms. The molecule has 3 heteroatoms. The molecule has 1 nitrogen and oxygen atoms in total. The van der Waals surface area contributed by atoms with Gasteiger partial charge in [-0.2, -0.15) is 0 Å². The van der Waals surface area contributed by atoms with Gasteiger partial charge >= 0.3 is 0 Å². The minimum Gasteiger partial charge on any atom is -0.389 e. The minimum absolute atomic E-state index is 0.0631. The Labute approximate surface area is 101 Å².